The number of hydrogen-bond acceptors (Lipinski definition) is 6. The van der Waals surface area contributed by atoms with Crippen LogP contribution in [-0.4, -0.2) is 34.2 Å². The number of ether oxygens (including phenoxy) is 1. The molecule has 0 unspecified atom stereocenters. The number of nitrogen functional groups attached to an aromatic ring is 1. The van der Waals surface area contributed by atoms with Crippen molar-refractivity contribution < 1.29 is 24.5 Å². The van der Waals surface area contributed by atoms with E-state index in [-0.39, 0.29) is 11.1 Å². The molecule has 3 rings (SSSR count). The summed E-state index contributed by atoms with van der Waals surface area (Å²) in [6.45, 7) is 0. The Labute approximate surface area is 169 Å². The maximum atomic E-state index is 12.3. The SMILES string of the molecule is COc1ccc(Sc2ccccc2-c2c(C(=O)O)c(N)[nH]c(=O)c2C(=O)O)cc1. The van der Waals surface area contributed by atoms with E-state index in [9.17, 15) is 24.6 Å². The van der Waals surface area contributed by atoms with Crippen molar-refractivity contribution in [3.05, 3.63) is 70.0 Å². The second-order valence-corrected chi connectivity index (χ2v) is 6.99. The molecule has 0 amide bonds. The standard InChI is InChI=1S/C20H16N2O6S/c1-28-10-6-8-11(9-7-10)29-13-5-3-2-4-12(13)14-15(19(24)25)17(21)22-18(23)16(14)20(26)27/h2-9H,1H3,(H,24,25)(H,26,27)(H3,21,22,23). The van der Waals surface area contributed by atoms with Crippen molar-refractivity contribution in [1.29, 1.82) is 0 Å². The Morgan fingerprint density at radius 3 is 2.21 bits per heavy atom. The maximum Gasteiger partial charge on any atom is 0.342 e. The van der Waals surface area contributed by atoms with E-state index in [4.69, 9.17) is 10.5 Å². The second-order valence-electron chi connectivity index (χ2n) is 5.88. The van der Waals surface area contributed by atoms with Crippen LogP contribution in [0.5, 0.6) is 5.75 Å². The van der Waals surface area contributed by atoms with Gasteiger partial charge in [-0.25, -0.2) is 9.59 Å². The number of nitrogens with one attached hydrogen (secondary N) is 1. The molecule has 0 saturated heterocycles. The van der Waals surface area contributed by atoms with Gasteiger partial charge in [0.05, 0.1) is 7.11 Å². The van der Waals surface area contributed by atoms with Gasteiger partial charge in [-0.2, -0.15) is 0 Å². The van der Waals surface area contributed by atoms with Crippen LogP contribution in [0.15, 0.2) is 63.1 Å². The molecule has 0 atom stereocenters. The number of pyridine rings is 1. The average molecular weight is 412 g/mol. The number of aromatic amines is 1. The normalized spacial score (nSPS) is 10.5. The number of nitrogens with two attached hydrogens (primary N) is 1. The Kier molecular flexibility index (Phi) is 5.60. The molecule has 0 spiro atoms. The molecule has 3 aromatic rings. The van der Waals surface area contributed by atoms with E-state index in [1.165, 1.54) is 11.8 Å². The van der Waals surface area contributed by atoms with Gasteiger partial charge in [0.25, 0.3) is 5.56 Å². The minimum atomic E-state index is -1.55. The molecular formula is C20H16N2O6S. The molecule has 0 aliphatic heterocycles. The Hall–Kier alpha value is -3.72. The summed E-state index contributed by atoms with van der Waals surface area (Å²) in [5, 5.41) is 19.2. The molecule has 0 aliphatic carbocycles. The number of aromatic carboxylic acids is 2. The van der Waals surface area contributed by atoms with Crippen LogP contribution >= 0.6 is 11.8 Å². The summed E-state index contributed by atoms with van der Waals surface area (Å²) in [5.41, 5.74) is 3.64. The van der Waals surface area contributed by atoms with Crippen LogP contribution in [0.4, 0.5) is 5.82 Å². The summed E-state index contributed by atoms with van der Waals surface area (Å²) >= 11 is 1.29. The van der Waals surface area contributed by atoms with E-state index >= 15 is 0 Å². The summed E-state index contributed by atoms with van der Waals surface area (Å²) in [4.78, 5) is 39.3. The number of anilines is 1. The van der Waals surface area contributed by atoms with Gasteiger partial charge in [0.2, 0.25) is 0 Å². The van der Waals surface area contributed by atoms with E-state index in [1.54, 1.807) is 43.5 Å². The van der Waals surface area contributed by atoms with Crippen molar-refractivity contribution in [3.63, 3.8) is 0 Å². The number of carboxylic acids is 2. The predicted molar refractivity (Wildman–Crippen MR) is 108 cm³/mol. The lowest BCUT2D eigenvalue weighted by Gasteiger charge is -2.15. The highest BCUT2D eigenvalue weighted by atomic mass is 32.2. The van der Waals surface area contributed by atoms with Crippen LogP contribution in [0, 0.1) is 0 Å². The molecule has 5 N–H and O–H groups in total. The molecule has 148 valence electrons. The molecule has 1 heterocycles. The average Bonchev–Trinajstić information content (AvgIpc) is 2.67. The monoisotopic (exact) mass is 412 g/mol. The van der Waals surface area contributed by atoms with Gasteiger partial charge in [-0.05, 0) is 35.9 Å². The second kappa shape index (κ2) is 8.11. The van der Waals surface area contributed by atoms with Crippen LogP contribution in [0.25, 0.3) is 11.1 Å². The quantitative estimate of drug-likeness (QED) is 0.483. The number of carboxylic acid groups (broad SMARTS) is 2. The maximum absolute atomic E-state index is 12.3. The zero-order valence-corrected chi connectivity index (χ0v) is 15.9. The molecular weight excluding hydrogens is 396 g/mol. The Balaban J connectivity index is 2.25. The number of benzene rings is 2. The summed E-state index contributed by atoms with van der Waals surface area (Å²) in [5.74, 6) is -2.73. The van der Waals surface area contributed by atoms with Crippen molar-refractivity contribution in [2.24, 2.45) is 0 Å². The third-order valence-electron chi connectivity index (χ3n) is 4.12. The summed E-state index contributed by atoms with van der Waals surface area (Å²) < 4.78 is 5.13. The number of aromatic nitrogens is 1. The Morgan fingerprint density at radius 2 is 1.62 bits per heavy atom. The highest BCUT2D eigenvalue weighted by Crippen LogP contribution is 2.39. The van der Waals surface area contributed by atoms with Gasteiger partial charge in [-0.15, -0.1) is 0 Å². The smallest absolute Gasteiger partial charge is 0.342 e. The van der Waals surface area contributed by atoms with E-state index in [1.807, 2.05) is 12.1 Å². The molecule has 9 heteroatoms. The topological polar surface area (TPSA) is 143 Å². The van der Waals surface area contributed by atoms with Crippen molar-refractivity contribution >= 4 is 29.5 Å². The van der Waals surface area contributed by atoms with Crippen LogP contribution in [-0.2, 0) is 0 Å². The van der Waals surface area contributed by atoms with Crippen molar-refractivity contribution in [2.75, 3.05) is 12.8 Å². The molecule has 29 heavy (non-hydrogen) atoms. The van der Waals surface area contributed by atoms with Gasteiger partial charge in [0, 0.05) is 15.4 Å². The van der Waals surface area contributed by atoms with Crippen LogP contribution in [0.1, 0.15) is 20.7 Å². The molecule has 0 aliphatic rings. The van der Waals surface area contributed by atoms with Gasteiger partial charge >= 0.3 is 11.9 Å². The summed E-state index contributed by atoms with van der Waals surface area (Å²) in [6, 6.07) is 13.8. The molecule has 0 radical (unpaired) electrons. The lowest BCUT2D eigenvalue weighted by atomic mass is 9.95. The zero-order valence-electron chi connectivity index (χ0n) is 15.1. The largest absolute Gasteiger partial charge is 0.497 e. The summed E-state index contributed by atoms with van der Waals surface area (Å²) in [6.07, 6.45) is 0. The van der Waals surface area contributed by atoms with Gasteiger partial charge in [0.1, 0.15) is 22.7 Å². The number of methoxy groups -OCH3 is 1. The molecule has 0 bridgehead atoms. The van der Waals surface area contributed by atoms with Crippen LogP contribution < -0.4 is 16.0 Å². The van der Waals surface area contributed by atoms with Gasteiger partial charge in [-0.3, -0.25) is 4.79 Å². The van der Waals surface area contributed by atoms with Crippen molar-refractivity contribution in [1.82, 2.24) is 4.98 Å². The summed E-state index contributed by atoms with van der Waals surface area (Å²) in [7, 11) is 1.55. The lowest BCUT2D eigenvalue weighted by molar-refractivity contribution is 0.0695. The van der Waals surface area contributed by atoms with Crippen molar-refractivity contribution in [2.45, 2.75) is 9.79 Å². The molecule has 0 saturated carbocycles. The third-order valence-corrected chi connectivity index (χ3v) is 5.20. The number of carbonyl (C=O) groups is 2. The van der Waals surface area contributed by atoms with Crippen molar-refractivity contribution in [3.8, 4) is 16.9 Å². The van der Waals surface area contributed by atoms with E-state index in [0.717, 1.165) is 4.90 Å². The molecule has 1 aromatic heterocycles. The van der Waals surface area contributed by atoms with E-state index < -0.39 is 34.4 Å². The van der Waals surface area contributed by atoms with E-state index in [2.05, 4.69) is 4.98 Å². The molecule has 0 fully saturated rings. The first-order valence-corrected chi connectivity index (χ1v) is 9.08. The highest BCUT2D eigenvalue weighted by molar-refractivity contribution is 7.99. The van der Waals surface area contributed by atoms with Gasteiger partial charge in [0.15, 0.2) is 0 Å². The Bertz CT molecular complexity index is 1150. The number of H-pyrrole nitrogens is 1. The molecule has 8 nitrogen and oxygen atoms in total. The minimum absolute atomic E-state index is 0.233. The fraction of sp³-hybridized carbons (Fsp3) is 0.0500. The van der Waals surface area contributed by atoms with Gasteiger partial charge < -0.3 is 25.7 Å². The minimum Gasteiger partial charge on any atom is -0.497 e. The fourth-order valence-electron chi connectivity index (χ4n) is 2.85. The lowest BCUT2D eigenvalue weighted by Crippen LogP contribution is -2.24. The van der Waals surface area contributed by atoms with Crippen LogP contribution in [0.2, 0.25) is 0 Å². The zero-order chi connectivity index (χ0) is 21.1. The first-order chi connectivity index (χ1) is 13.8. The Morgan fingerprint density at radius 1 is 1.00 bits per heavy atom. The van der Waals surface area contributed by atoms with Crippen LogP contribution in [0.3, 0.4) is 0 Å². The molecule has 2 aromatic carbocycles. The number of hydrogen-bond donors (Lipinski definition) is 4. The van der Waals surface area contributed by atoms with E-state index in [0.29, 0.717) is 10.6 Å². The first kappa shape index (κ1) is 20.0. The third kappa shape index (κ3) is 3.94. The number of rotatable bonds is 6. The predicted octanol–water partition coefficient (Wildman–Crippen LogP) is 3.18. The first-order valence-electron chi connectivity index (χ1n) is 8.27. The fourth-order valence-corrected chi connectivity index (χ4v) is 3.80. The highest BCUT2D eigenvalue weighted by Gasteiger charge is 2.27. The van der Waals surface area contributed by atoms with Gasteiger partial charge in [-0.1, -0.05) is 30.0 Å².